The van der Waals surface area contributed by atoms with Crippen molar-refractivity contribution in [2.45, 2.75) is 25.4 Å². The number of para-hydroxylation sites is 2. The number of hydrogen-bond donors (Lipinski definition) is 1. The highest BCUT2D eigenvalue weighted by atomic mass is 35.5. The highest BCUT2D eigenvalue weighted by Gasteiger charge is 2.11. The first kappa shape index (κ1) is 12.4. The van der Waals surface area contributed by atoms with Crippen LogP contribution in [0.5, 0.6) is 0 Å². The molecule has 17 heavy (non-hydrogen) atoms. The van der Waals surface area contributed by atoms with E-state index in [1.807, 2.05) is 35.9 Å². The molecule has 4 heteroatoms. The molecule has 2 rings (SSSR count). The molecule has 0 saturated heterocycles. The van der Waals surface area contributed by atoms with E-state index < -0.39 is 0 Å². The van der Waals surface area contributed by atoms with E-state index in [0.717, 1.165) is 29.7 Å². The molecule has 1 N–H and O–H groups in total. The summed E-state index contributed by atoms with van der Waals surface area (Å²) in [5.41, 5.74) is 2.08. The predicted octanol–water partition coefficient (Wildman–Crippen LogP) is 2.50. The third-order valence-corrected chi connectivity index (χ3v) is 3.24. The number of hydrogen-bond acceptors (Lipinski definition) is 2. The van der Waals surface area contributed by atoms with Gasteiger partial charge in [0.15, 0.2) is 0 Å². The third kappa shape index (κ3) is 2.79. The Morgan fingerprint density at radius 1 is 1.41 bits per heavy atom. The Bertz CT molecular complexity index is 495. The summed E-state index contributed by atoms with van der Waals surface area (Å²) >= 11 is 5.61. The first-order valence-corrected chi connectivity index (χ1v) is 6.40. The molecule has 0 saturated carbocycles. The number of rotatable bonds is 5. The second-order valence-electron chi connectivity index (χ2n) is 4.26. The van der Waals surface area contributed by atoms with Crippen molar-refractivity contribution in [3.63, 3.8) is 0 Å². The average Bonchev–Trinajstić information content (AvgIpc) is 2.64. The van der Waals surface area contributed by atoms with Crippen LogP contribution in [0.4, 0.5) is 0 Å². The maximum Gasteiger partial charge on any atom is 0.112 e. The van der Waals surface area contributed by atoms with Crippen LogP contribution < -0.4 is 0 Å². The Morgan fingerprint density at radius 3 is 2.88 bits per heavy atom. The van der Waals surface area contributed by atoms with E-state index in [2.05, 4.69) is 4.98 Å². The Labute approximate surface area is 106 Å². The number of aromatic nitrogens is 2. The molecule has 0 aliphatic rings. The number of halogens is 1. The highest BCUT2D eigenvalue weighted by Crippen LogP contribution is 2.16. The minimum Gasteiger partial charge on any atom is -0.393 e. The van der Waals surface area contributed by atoms with Gasteiger partial charge in [0.1, 0.15) is 5.82 Å². The second-order valence-corrected chi connectivity index (χ2v) is 4.64. The maximum absolute atomic E-state index is 9.87. The summed E-state index contributed by atoms with van der Waals surface area (Å²) in [5, 5.41) is 9.87. The molecule has 0 radical (unpaired) electrons. The van der Waals surface area contributed by atoms with Gasteiger partial charge in [-0.2, -0.15) is 0 Å². The minimum atomic E-state index is -0.357. The summed E-state index contributed by atoms with van der Waals surface area (Å²) in [6, 6.07) is 8.00. The number of fused-ring (bicyclic) bond motifs is 1. The molecule has 0 bridgehead atoms. The van der Waals surface area contributed by atoms with Crippen LogP contribution in [0, 0.1) is 0 Å². The van der Waals surface area contributed by atoms with Crippen LogP contribution in [0.1, 0.15) is 18.7 Å². The fourth-order valence-corrected chi connectivity index (χ4v) is 2.16. The molecule has 1 atom stereocenters. The zero-order valence-electron chi connectivity index (χ0n) is 9.93. The van der Waals surface area contributed by atoms with E-state index in [1.54, 1.807) is 0 Å². The SMILES string of the molecule is Cn1c(CC(O)CCCCl)nc2ccccc21. The van der Waals surface area contributed by atoms with Gasteiger partial charge in [-0.25, -0.2) is 4.98 Å². The van der Waals surface area contributed by atoms with Gasteiger partial charge in [-0.1, -0.05) is 12.1 Å². The van der Waals surface area contributed by atoms with E-state index in [4.69, 9.17) is 11.6 Å². The minimum absolute atomic E-state index is 0.357. The van der Waals surface area contributed by atoms with Gasteiger partial charge in [0.2, 0.25) is 0 Å². The number of aryl methyl sites for hydroxylation is 1. The van der Waals surface area contributed by atoms with Crippen molar-refractivity contribution in [3.8, 4) is 0 Å². The lowest BCUT2D eigenvalue weighted by Gasteiger charge is -2.09. The lowest BCUT2D eigenvalue weighted by molar-refractivity contribution is 0.161. The van der Waals surface area contributed by atoms with E-state index in [1.165, 1.54) is 0 Å². The quantitative estimate of drug-likeness (QED) is 0.831. The number of nitrogens with zero attached hydrogens (tertiary/aromatic N) is 2. The smallest absolute Gasteiger partial charge is 0.112 e. The van der Waals surface area contributed by atoms with Gasteiger partial charge in [0.25, 0.3) is 0 Å². The molecule has 0 amide bonds. The number of alkyl halides is 1. The summed E-state index contributed by atoms with van der Waals surface area (Å²) in [7, 11) is 1.99. The van der Waals surface area contributed by atoms with Crippen molar-refractivity contribution in [1.29, 1.82) is 0 Å². The topological polar surface area (TPSA) is 38.0 Å². The van der Waals surface area contributed by atoms with Crippen molar-refractivity contribution >= 4 is 22.6 Å². The third-order valence-electron chi connectivity index (χ3n) is 2.97. The zero-order valence-corrected chi connectivity index (χ0v) is 10.7. The molecule has 0 aliphatic heterocycles. The summed E-state index contributed by atoms with van der Waals surface area (Å²) in [6.45, 7) is 0. The van der Waals surface area contributed by atoms with Crippen molar-refractivity contribution in [2.75, 3.05) is 5.88 Å². The summed E-state index contributed by atoms with van der Waals surface area (Å²) in [6.07, 6.45) is 1.80. The number of aliphatic hydroxyl groups is 1. The highest BCUT2D eigenvalue weighted by molar-refractivity contribution is 6.17. The predicted molar refractivity (Wildman–Crippen MR) is 70.4 cm³/mol. The molecular weight excluding hydrogens is 236 g/mol. The van der Waals surface area contributed by atoms with Crippen LogP contribution in [0.15, 0.2) is 24.3 Å². The number of benzene rings is 1. The molecule has 1 aromatic carbocycles. The zero-order chi connectivity index (χ0) is 12.3. The van der Waals surface area contributed by atoms with Crippen molar-refractivity contribution in [1.82, 2.24) is 9.55 Å². The molecule has 1 aromatic heterocycles. The Balaban J connectivity index is 2.16. The van der Waals surface area contributed by atoms with Gasteiger partial charge in [0.05, 0.1) is 17.1 Å². The van der Waals surface area contributed by atoms with E-state index in [-0.39, 0.29) is 6.10 Å². The normalized spacial score (nSPS) is 13.1. The standard InChI is InChI=1S/C13H17ClN2O/c1-16-12-7-3-2-6-11(12)15-13(16)9-10(17)5-4-8-14/h2-3,6-7,10,17H,4-5,8-9H2,1H3. The van der Waals surface area contributed by atoms with Gasteiger partial charge in [-0.3, -0.25) is 0 Å². The summed E-state index contributed by atoms with van der Waals surface area (Å²) in [5.74, 6) is 1.52. The molecule has 0 aliphatic carbocycles. The van der Waals surface area contributed by atoms with Crippen molar-refractivity contribution in [2.24, 2.45) is 7.05 Å². The summed E-state index contributed by atoms with van der Waals surface area (Å²) < 4.78 is 2.04. The monoisotopic (exact) mass is 252 g/mol. The van der Waals surface area contributed by atoms with Crippen LogP contribution in [-0.4, -0.2) is 26.6 Å². The number of imidazole rings is 1. The fourth-order valence-electron chi connectivity index (χ4n) is 2.00. The van der Waals surface area contributed by atoms with E-state index >= 15 is 0 Å². The lowest BCUT2D eigenvalue weighted by atomic mass is 10.1. The molecule has 92 valence electrons. The van der Waals surface area contributed by atoms with Crippen molar-refractivity contribution in [3.05, 3.63) is 30.1 Å². The lowest BCUT2D eigenvalue weighted by Crippen LogP contribution is -2.13. The van der Waals surface area contributed by atoms with Gasteiger partial charge >= 0.3 is 0 Å². The maximum atomic E-state index is 9.87. The van der Waals surface area contributed by atoms with Crippen LogP contribution in [0.25, 0.3) is 11.0 Å². The second kappa shape index (κ2) is 5.52. The fraction of sp³-hybridized carbons (Fsp3) is 0.462. The molecule has 2 aromatic rings. The molecule has 3 nitrogen and oxygen atoms in total. The first-order valence-electron chi connectivity index (χ1n) is 5.86. The largest absolute Gasteiger partial charge is 0.393 e. The van der Waals surface area contributed by atoms with Crippen LogP contribution in [-0.2, 0) is 13.5 Å². The van der Waals surface area contributed by atoms with E-state index in [9.17, 15) is 5.11 Å². The van der Waals surface area contributed by atoms with Gasteiger partial charge in [0, 0.05) is 19.3 Å². The summed E-state index contributed by atoms with van der Waals surface area (Å²) in [4.78, 5) is 4.53. The average molecular weight is 253 g/mol. The molecular formula is C13H17ClN2O. The molecule has 0 fully saturated rings. The molecule has 1 heterocycles. The Kier molecular flexibility index (Phi) is 4.02. The van der Waals surface area contributed by atoms with Crippen LogP contribution in [0.3, 0.4) is 0 Å². The Hall–Kier alpha value is -1.06. The van der Waals surface area contributed by atoms with E-state index in [0.29, 0.717) is 12.3 Å². The Morgan fingerprint density at radius 2 is 2.18 bits per heavy atom. The van der Waals surface area contributed by atoms with Crippen LogP contribution >= 0.6 is 11.6 Å². The molecule has 0 spiro atoms. The number of aliphatic hydroxyl groups excluding tert-OH is 1. The van der Waals surface area contributed by atoms with Gasteiger partial charge < -0.3 is 9.67 Å². The molecule has 1 unspecified atom stereocenters. The van der Waals surface area contributed by atoms with Crippen molar-refractivity contribution < 1.29 is 5.11 Å². The first-order chi connectivity index (χ1) is 8.22. The van der Waals surface area contributed by atoms with Gasteiger partial charge in [-0.05, 0) is 25.0 Å². The van der Waals surface area contributed by atoms with Crippen LogP contribution in [0.2, 0.25) is 0 Å². The van der Waals surface area contributed by atoms with Gasteiger partial charge in [-0.15, -0.1) is 11.6 Å².